The molecule has 1 N–H and O–H groups in total. The normalized spacial score (nSPS) is 17.7. The third-order valence-electron chi connectivity index (χ3n) is 4.33. The molecule has 6 heteroatoms. The number of halogens is 2. The summed E-state index contributed by atoms with van der Waals surface area (Å²) in [7, 11) is 0. The number of amides is 1. The SMILES string of the molecule is CC(C)(C)OC(=O)N1CCC(C(CO)c2ccc(Br)c(F)c2)CC1. The van der Waals surface area contributed by atoms with Crippen LogP contribution in [0.3, 0.4) is 0 Å². The fourth-order valence-electron chi connectivity index (χ4n) is 3.08. The molecule has 1 atom stereocenters. The van der Waals surface area contributed by atoms with Crippen molar-refractivity contribution in [3.05, 3.63) is 34.1 Å². The van der Waals surface area contributed by atoms with Gasteiger partial charge in [0.1, 0.15) is 11.4 Å². The highest BCUT2D eigenvalue weighted by molar-refractivity contribution is 9.10. The van der Waals surface area contributed by atoms with Crippen LogP contribution in [0.25, 0.3) is 0 Å². The van der Waals surface area contributed by atoms with Crippen molar-refractivity contribution in [1.29, 1.82) is 0 Å². The Kier molecular flexibility index (Phi) is 6.26. The van der Waals surface area contributed by atoms with Crippen molar-refractivity contribution in [2.24, 2.45) is 5.92 Å². The summed E-state index contributed by atoms with van der Waals surface area (Å²) in [5.74, 6) is -0.222. The molecule has 4 nitrogen and oxygen atoms in total. The molecule has 1 aromatic carbocycles. The Hall–Kier alpha value is -1.14. The van der Waals surface area contributed by atoms with Gasteiger partial charge in [0.25, 0.3) is 0 Å². The minimum atomic E-state index is -0.503. The highest BCUT2D eigenvalue weighted by Crippen LogP contribution is 2.34. The molecule has 1 unspecified atom stereocenters. The van der Waals surface area contributed by atoms with Crippen LogP contribution in [-0.2, 0) is 4.74 Å². The Morgan fingerprint density at radius 1 is 1.42 bits per heavy atom. The van der Waals surface area contributed by atoms with Gasteiger partial charge in [-0.3, -0.25) is 0 Å². The molecule has 0 bridgehead atoms. The molecule has 1 aliphatic rings. The van der Waals surface area contributed by atoms with Crippen LogP contribution in [0.5, 0.6) is 0 Å². The second-order valence-corrected chi connectivity index (χ2v) is 8.12. The number of hydrogen-bond acceptors (Lipinski definition) is 3. The smallest absolute Gasteiger partial charge is 0.410 e. The fraction of sp³-hybridized carbons (Fsp3) is 0.611. The van der Waals surface area contributed by atoms with Crippen LogP contribution in [0.4, 0.5) is 9.18 Å². The monoisotopic (exact) mass is 401 g/mol. The maximum absolute atomic E-state index is 13.8. The zero-order valence-electron chi connectivity index (χ0n) is 14.4. The number of aliphatic hydroxyl groups excluding tert-OH is 1. The summed E-state index contributed by atoms with van der Waals surface area (Å²) < 4.78 is 19.6. The molecule has 0 aromatic heterocycles. The number of ether oxygens (including phenoxy) is 1. The summed E-state index contributed by atoms with van der Waals surface area (Å²) >= 11 is 3.15. The number of nitrogens with zero attached hydrogens (tertiary/aromatic N) is 1. The molecule has 0 radical (unpaired) electrons. The van der Waals surface area contributed by atoms with Crippen LogP contribution in [0.2, 0.25) is 0 Å². The van der Waals surface area contributed by atoms with Gasteiger partial charge in [-0.1, -0.05) is 6.07 Å². The number of piperidine rings is 1. The molecule has 2 rings (SSSR count). The van der Waals surface area contributed by atoms with E-state index in [0.717, 1.165) is 18.4 Å². The first-order valence-corrected chi connectivity index (χ1v) is 9.04. The summed E-state index contributed by atoms with van der Waals surface area (Å²) in [6.45, 7) is 6.70. The van der Waals surface area contributed by atoms with Gasteiger partial charge in [-0.25, -0.2) is 9.18 Å². The third-order valence-corrected chi connectivity index (χ3v) is 4.97. The van der Waals surface area contributed by atoms with Crippen LogP contribution < -0.4 is 0 Å². The van der Waals surface area contributed by atoms with Crippen molar-refractivity contribution in [3.8, 4) is 0 Å². The molecule has 134 valence electrons. The van der Waals surface area contributed by atoms with Crippen molar-refractivity contribution in [1.82, 2.24) is 4.90 Å². The van der Waals surface area contributed by atoms with Gasteiger partial charge in [0.2, 0.25) is 0 Å². The minimum absolute atomic E-state index is 0.0296. The van der Waals surface area contributed by atoms with E-state index >= 15 is 0 Å². The van der Waals surface area contributed by atoms with E-state index in [1.165, 1.54) is 6.07 Å². The Morgan fingerprint density at radius 2 is 2.04 bits per heavy atom. The predicted octanol–water partition coefficient (Wildman–Crippen LogP) is 4.31. The highest BCUT2D eigenvalue weighted by atomic mass is 79.9. The van der Waals surface area contributed by atoms with Crippen molar-refractivity contribution >= 4 is 22.0 Å². The van der Waals surface area contributed by atoms with Crippen LogP contribution in [0.1, 0.15) is 45.1 Å². The molecular formula is C18H25BrFNO3. The molecule has 1 aromatic rings. The molecule has 0 saturated carbocycles. The largest absolute Gasteiger partial charge is 0.444 e. The first kappa shape index (κ1) is 19.2. The zero-order valence-corrected chi connectivity index (χ0v) is 16.0. The van der Waals surface area contributed by atoms with Crippen LogP contribution in [0, 0.1) is 11.7 Å². The van der Waals surface area contributed by atoms with E-state index in [2.05, 4.69) is 15.9 Å². The lowest BCUT2D eigenvalue weighted by Crippen LogP contribution is -2.42. The average molecular weight is 402 g/mol. The van der Waals surface area contributed by atoms with Crippen molar-refractivity contribution in [2.75, 3.05) is 19.7 Å². The number of carbonyl (C=O) groups is 1. The lowest BCUT2D eigenvalue weighted by atomic mass is 9.80. The van der Waals surface area contributed by atoms with E-state index < -0.39 is 5.60 Å². The number of benzene rings is 1. The van der Waals surface area contributed by atoms with Gasteiger partial charge in [-0.2, -0.15) is 0 Å². The molecule has 0 aliphatic carbocycles. The number of likely N-dealkylation sites (tertiary alicyclic amines) is 1. The molecule has 1 heterocycles. The van der Waals surface area contributed by atoms with E-state index in [1.54, 1.807) is 11.0 Å². The number of hydrogen-bond donors (Lipinski definition) is 1. The zero-order chi connectivity index (χ0) is 17.9. The van der Waals surface area contributed by atoms with E-state index in [-0.39, 0.29) is 30.4 Å². The summed E-state index contributed by atoms with van der Waals surface area (Å²) in [6.07, 6.45) is 1.24. The third kappa shape index (κ3) is 4.93. The van der Waals surface area contributed by atoms with Gasteiger partial charge in [0, 0.05) is 19.0 Å². The first-order valence-electron chi connectivity index (χ1n) is 8.25. The molecule has 24 heavy (non-hydrogen) atoms. The maximum Gasteiger partial charge on any atom is 0.410 e. The fourth-order valence-corrected chi connectivity index (χ4v) is 3.33. The van der Waals surface area contributed by atoms with Gasteiger partial charge in [-0.05, 0) is 73.2 Å². The summed E-state index contributed by atoms with van der Waals surface area (Å²) in [5.41, 5.74) is 0.296. The molecular weight excluding hydrogens is 377 g/mol. The average Bonchev–Trinajstić information content (AvgIpc) is 2.50. The van der Waals surface area contributed by atoms with Gasteiger partial charge in [0.05, 0.1) is 11.1 Å². The minimum Gasteiger partial charge on any atom is -0.444 e. The number of aliphatic hydroxyl groups is 1. The maximum atomic E-state index is 13.8. The van der Waals surface area contributed by atoms with E-state index in [1.807, 2.05) is 26.8 Å². The second kappa shape index (κ2) is 7.83. The van der Waals surface area contributed by atoms with Crippen LogP contribution in [0.15, 0.2) is 22.7 Å². The lowest BCUT2D eigenvalue weighted by Gasteiger charge is -2.36. The highest BCUT2D eigenvalue weighted by Gasteiger charge is 2.31. The van der Waals surface area contributed by atoms with Gasteiger partial charge < -0.3 is 14.7 Å². The number of carbonyl (C=O) groups excluding carboxylic acids is 1. The molecule has 1 saturated heterocycles. The molecule has 1 fully saturated rings. The molecule has 0 spiro atoms. The quantitative estimate of drug-likeness (QED) is 0.820. The van der Waals surface area contributed by atoms with Gasteiger partial charge in [-0.15, -0.1) is 0 Å². The standard InChI is InChI=1S/C18H25BrFNO3/c1-18(2,3)24-17(23)21-8-6-12(7-9-21)14(11-22)13-4-5-15(19)16(20)10-13/h4-5,10,12,14,22H,6-9,11H2,1-3H3. The van der Waals surface area contributed by atoms with Crippen molar-refractivity contribution < 1.29 is 19.0 Å². The summed E-state index contributed by atoms with van der Waals surface area (Å²) in [6, 6.07) is 4.99. The molecule has 1 aliphatic heterocycles. The second-order valence-electron chi connectivity index (χ2n) is 7.27. The first-order chi connectivity index (χ1) is 11.2. The van der Waals surface area contributed by atoms with Gasteiger partial charge >= 0.3 is 6.09 Å². The van der Waals surface area contributed by atoms with E-state index in [9.17, 15) is 14.3 Å². The van der Waals surface area contributed by atoms with Crippen LogP contribution in [-0.4, -0.2) is 41.4 Å². The summed E-state index contributed by atoms with van der Waals surface area (Å²) in [5, 5.41) is 9.78. The van der Waals surface area contributed by atoms with Gasteiger partial charge in [0.15, 0.2) is 0 Å². The Labute approximate surface area is 151 Å². The number of rotatable bonds is 3. The lowest BCUT2D eigenvalue weighted by molar-refractivity contribution is 0.0165. The topological polar surface area (TPSA) is 49.8 Å². The Morgan fingerprint density at radius 3 is 2.54 bits per heavy atom. The van der Waals surface area contributed by atoms with E-state index in [0.29, 0.717) is 17.6 Å². The van der Waals surface area contributed by atoms with E-state index in [4.69, 9.17) is 4.74 Å². The summed E-state index contributed by atoms with van der Waals surface area (Å²) in [4.78, 5) is 13.8. The molecule has 1 amide bonds. The predicted molar refractivity (Wildman–Crippen MR) is 94.5 cm³/mol. The Balaban J connectivity index is 1.99. The van der Waals surface area contributed by atoms with Crippen LogP contribution >= 0.6 is 15.9 Å². The van der Waals surface area contributed by atoms with Crippen molar-refractivity contribution in [3.63, 3.8) is 0 Å². The van der Waals surface area contributed by atoms with Crippen molar-refractivity contribution in [2.45, 2.75) is 45.1 Å². The Bertz CT molecular complexity index is 580.